The molecule has 10 rings (SSSR count). The lowest BCUT2D eigenvalue weighted by molar-refractivity contribution is 0.540. The van der Waals surface area contributed by atoms with Crippen LogP contribution in [0.15, 0.2) is 132 Å². The van der Waals surface area contributed by atoms with Crippen LogP contribution in [0.5, 0.6) is 0 Å². The summed E-state index contributed by atoms with van der Waals surface area (Å²) in [5.41, 5.74) is 7.44. The third-order valence-corrected chi connectivity index (χ3v) is 9.86. The molecule has 4 aromatic heterocycles. The maximum Gasteiger partial charge on any atom is 0.238 e. The first-order valence-corrected chi connectivity index (χ1v) is 17.0. The molecule has 0 aliphatic carbocycles. The summed E-state index contributed by atoms with van der Waals surface area (Å²) in [4.78, 5) is 15.6. The van der Waals surface area contributed by atoms with Gasteiger partial charge < -0.3 is 8.98 Å². The van der Waals surface area contributed by atoms with Crippen LogP contribution in [0.1, 0.15) is 32.2 Å². The number of nitrogens with zero attached hydrogens (tertiary/aromatic N) is 6. The van der Waals surface area contributed by atoms with E-state index in [2.05, 4.69) is 115 Å². The molecule has 0 unspecified atom stereocenters. The predicted molar refractivity (Wildman–Crippen MR) is 205 cm³/mol. The summed E-state index contributed by atoms with van der Waals surface area (Å²) in [7, 11) is 0. The number of fused-ring (bicyclic) bond motifs is 10. The third kappa shape index (κ3) is 4.26. The number of para-hydroxylation sites is 4. The van der Waals surface area contributed by atoms with Crippen molar-refractivity contribution in [3.05, 3.63) is 139 Å². The van der Waals surface area contributed by atoms with Gasteiger partial charge in [0, 0.05) is 37.9 Å². The van der Waals surface area contributed by atoms with Crippen LogP contribution < -0.4 is 0 Å². The second-order valence-corrected chi connectivity index (χ2v) is 14.0. The van der Waals surface area contributed by atoms with E-state index in [1.54, 1.807) is 0 Å². The molecular formula is C44H30N6O. The normalized spacial score (nSPS) is 12.2. The Morgan fingerprint density at radius 3 is 1.86 bits per heavy atom. The second-order valence-electron chi connectivity index (χ2n) is 14.0. The van der Waals surface area contributed by atoms with Crippen LogP contribution in [0.3, 0.4) is 0 Å². The zero-order valence-electron chi connectivity index (χ0n) is 28.2. The third-order valence-electron chi connectivity index (χ3n) is 9.86. The van der Waals surface area contributed by atoms with Crippen molar-refractivity contribution in [2.24, 2.45) is 0 Å². The van der Waals surface area contributed by atoms with E-state index in [1.807, 2.05) is 48.5 Å². The average molecular weight is 659 g/mol. The van der Waals surface area contributed by atoms with Crippen LogP contribution in [0.4, 0.5) is 0 Å². The Morgan fingerprint density at radius 2 is 1.20 bits per heavy atom. The van der Waals surface area contributed by atoms with E-state index >= 15 is 0 Å². The Hall–Kier alpha value is -6.78. The molecule has 4 heterocycles. The Kier molecular flexibility index (Phi) is 6.07. The first kappa shape index (κ1) is 29.2. The monoisotopic (exact) mass is 658 g/mol. The van der Waals surface area contributed by atoms with Gasteiger partial charge in [0.15, 0.2) is 5.82 Å². The summed E-state index contributed by atoms with van der Waals surface area (Å²) >= 11 is 0. The smallest absolute Gasteiger partial charge is 0.238 e. The minimum atomic E-state index is -0.396. The fourth-order valence-electron chi connectivity index (χ4n) is 7.55. The highest BCUT2D eigenvalue weighted by molar-refractivity contribution is 6.24. The highest BCUT2D eigenvalue weighted by atomic mass is 16.3. The molecule has 0 spiro atoms. The van der Waals surface area contributed by atoms with Crippen molar-refractivity contribution < 1.29 is 4.42 Å². The molecule has 0 aliphatic heterocycles. The molecule has 0 radical (unpaired) electrons. The first-order chi connectivity index (χ1) is 24.9. The summed E-state index contributed by atoms with van der Waals surface area (Å²) in [6, 6.07) is 45.7. The number of rotatable bonds is 3. The molecule has 0 N–H and O–H groups in total. The van der Waals surface area contributed by atoms with Gasteiger partial charge in [-0.05, 0) is 54.6 Å². The molecule has 7 nitrogen and oxygen atoms in total. The van der Waals surface area contributed by atoms with Crippen LogP contribution in [0.2, 0.25) is 0 Å². The van der Waals surface area contributed by atoms with Crippen LogP contribution in [-0.2, 0) is 5.41 Å². The van der Waals surface area contributed by atoms with Crippen molar-refractivity contribution in [1.82, 2.24) is 24.1 Å². The maximum atomic E-state index is 10.2. The Labute approximate surface area is 292 Å². The minimum Gasteiger partial charge on any atom is -0.456 e. The summed E-state index contributed by atoms with van der Waals surface area (Å²) in [6.07, 6.45) is 0. The average Bonchev–Trinajstić information content (AvgIpc) is 3.82. The first-order valence-electron chi connectivity index (χ1n) is 17.0. The zero-order chi connectivity index (χ0) is 34.4. The van der Waals surface area contributed by atoms with Crippen LogP contribution in [-0.4, -0.2) is 24.1 Å². The topological polar surface area (TPSA) is 85.5 Å². The van der Waals surface area contributed by atoms with Crippen LogP contribution in [0, 0.1) is 11.3 Å². The number of hydrogen-bond acceptors (Lipinski definition) is 5. The molecular weight excluding hydrogens is 629 g/mol. The van der Waals surface area contributed by atoms with Crippen molar-refractivity contribution in [2.45, 2.75) is 26.2 Å². The van der Waals surface area contributed by atoms with E-state index in [4.69, 9.17) is 19.4 Å². The molecule has 0 amide bonds. The van der Waals surface area contributed by atoms with Gasteiger partial charge in [0.2, 0.25) is 5.95 Å². The molecule has 0 saturated heterocycles. The minimum absolute atomic E-state index is 0.396. The van der Waals surface area contributed by atoms with E-state index in [9.17, 15) is 5.26 Å². The van der Waals surface area contributed by atoms with Gasteiger partial charge in [-0.2, -0.15) is 15.2 Å². The van der Waals surface area contributed by atoms with Gasteiger partial charge in [-0.25, -0.2) is 4.98 Å². The van der Waals surface area contributed by atoms with E-state index in [-0.39, 0.29) is 0 Å². The molecule has 7 heteroatoms. The lowest BCUT2D eigenvalue weighted by Crippen LogP contribution is -2.19. The van der Waals surface area contributed by atoms with E-state index in [1.165, 1.54) is 0 Å². The molecule has 0 saturated carbocycles. The molecule has 0 bridgehead atoms. The molecule has 0 aliphatic rings. The highest BCUT2D eigenvalue weighted by Gasteiger charge is 2.26. The Bertz CT molecular complexity index is 3040. The van der Waals surface area contributed by atoms with Gasteiger partial charge in [0.1, 0.15) is 17.0 Å². The lowest BCUT2D eigenvalue weighted by atomic mass is 9.95. The van der Waals surface area contributed by atoms with Gasteiger partial charge in [0.05, 0.1) is 44.8 Å². The van der Waals surface area contributed by atoms with Gasteiger partial charge in [-0.1, -0.05) is 93.6 Å². The summed E-state index contributed by atoms with van der Waals surface area (Å²) in [5, 5.41) is 16.8. The van der Waals surface area contributed by atoms with Crippen LogP contribution >= 0.6 is 0 Å². The van der Waals surface area contributed by atoms with E-state index in [0.29, 0.717) is 23.2 Å². The predicted octanol–water partition coefficient (Wildman–Crippen LogP) is 10.8. The SMILES string of the molecule is CC(C)(C)c1nc(-c2cc(C#N)ccc2-n2c3ccccc3c3ccc4oc5ccccc5c4c32)nc(-n2c3ccccc3c3ccccc32)n1. The second kappa shape index (κ2) is 10.6. The van der Waals surface area contributed by atoms with Gasteiger partial charge in [0.25, 0.3) is 0 Å². The molecule has 0 atom stereocenters. The Morgan fingerprint density at radius 1 is 0.588 bits per heavy atom. The quantitative estimate of drug-likeness (QED) is 0.189. The summed E-state index contributed by atoms with van der Waals surface area (Å²) in [6.45, 7) is 6.34. The zero-order valence-corrected chi connectivity index (χ0v) is 28.2. The van der Waals surface area contributed by atoms with Crippen molar-refractivity contribution in [1.29, 1.82) is 5.26 Å². The van der Waals surface area contributed by atoms with Crippen molar-refractivity contribution in [3.63, 3.8) is 0 Å². The lowest BCUT2D eigenvalue weighted by Gasteiger charge is -2.20. The highest BCUT2D eigenvalue weighted by Crippen LogP contribution is 2.42. The molecule has 6 aromatic carbocycles. The molecule has 51 heavy (non-hydrogen) atoms. The van der Waals surface area contributed by atoms with E-state index < -0.39 is 5.41 Å². The standard InChI is InChI=1S/C44H30N6O/c1-44(2,3)42-46-41(47-43(48-42)50-34-17-9-4-12-27(34)28-13-5-10-18-35(28)50)32-24-26(25-45)20-22-36(32)49-33-16-8-6-14-29(33)30-21-23-38-39(40(30)49)31-15-7-11-19-37(31)51-38/h4-24H,1-3H3. The fraction of sp³-hybridized carbons (Fsp3) is 0.0909. The van der Waals surface area contributed by atoms with Gasteiger partial charge in [-0.3, -0.25) is 4.57 Å². The number of furan rings is 1. The largest absolute Gasteiger partial charge is 0.456 e. The van der Waals surface area contributed by atoms with E-state index in [0.717, 1.165) is 76.8 Å². The Balaban J connectivity index is 1.34. The molecule has 10 aromatic rings. The maximum absolute atomic E-state index is 10.2. The fourth-order valence-corrected chi connectivity index (χ4v) is 7.55. The number of aromatic nitrogens is 5. The molecule has 242 valence electrons. The van der Waals surface area contributed by atoms with Gasteiger partial charge >= 0.3 is 0 Å². The number of nitriles is 1. The van der Waals surface area contributed by atoms with Crippen LogP contribution in [0.25, 0.3) is 88.6 Å². The van der Waals surface area contributed by atoms with Crippen molar-refractivity contribution >= 4 is 65.6 Å². The summed E-state index contributed by atoms with van der Waals surface area (Å²) in [5.74, 6) is 1.68. The van der Waals surface area contributed by atoms with Crippen molar-refractivity contribution in [3.8, 4) is 29.1 Å². The van der Waals surface area contributed by atoms with Gasteiger partial charge in [-0.15, -0.1) is 0 Å². The van der Waals surface area contributed by atoms with Crippen molar-refractivity contribution in [2.75, 3.05) is 0 Å². The number of benzene rings is 6. The number of hydrogen-bond donors (Lipinski definition) is 0. The molecule has 0 fully saturated rings. The summed E-state index contributed by atoms with van der Waals surface area (Å²) < 4.78 is 10.8.